The van der Waals surface area contributed by atoms with E-state index in [0.29, 0.717) is 12.5 Å². The zero-order valence-electron chi connectivity index (χ0n) is 11.0. The zero-order chi connectivity index (χ0) is 13.0. The number of hydrogen-bond donors (Lipinski definition) is 2. The van der Waals surface area contributed by atoms with Gasteiger partial charge in [0, 0.05) is 13.1 Å². The van der Waals surface area contributed by atoms with Crippen molar-refractivity contribution in [3.8, 4) is 0 Å². The van der Waals surface area contributed by atoms with Crippen LogP contribution in [-0.4, -0.2) is 38.6 Å². The van der Waals surface area contributed by atoms with E-state index < -0.39 is 0 Å². The number of ether oxygens (including phenoxy) is 1. The summed E-state index contributed by atoms with van der Waals surface area (Å²) >= 11 is 0. The fraction of sp³-hybridized carbons (Fsp3) is 0.846. The number of hydrogen-bond acceptors (Lipinski definition) is 4. The molecule has 1 amide bonds. The minimum Gasteiger partial charge on any atom is -0.469 e. The molecule has 18 heavy (non-hydrogen) atoms. The average molecular weight is 254 g/mol. The monoisotopic (exact) mass is 254 g/mol. The van der Waals surface area contributed by atoms with Gasteiger partial charge in [0.05, 0.1) is 18.9 Å². The molecule has 1 saturated carbocycles. The molecular formula is C13H22N2O3. The maximum atomic E-state index is 12.4. The average Bonchev–Trinajstić information content (AvgIpc) is 2.83. The molecule has 5 heteroatoms. The predicted molar refractivity (Wildman–Crippen MR) is 66.9 cm³/mol. The second-order valence-corrected chi connectivity index (χ2v) is 5.31. The van der Waals surface area contributed by atoms with Crippen molar-refractivity contribution in [3.05, 3.63) is 0 Å². The fourth-order valence-electron chi connectivity index (χ4n) is 3.25. The van der Waals surface area contributed by atoms with Gasteiger partial charge in [-0.2, -0.15) is 0 Å². The van der Waals surface area contributed by atoms with Gasteiger partial charge in [0.1, 0.15) is 0 Å². The lowest BCUT2D eigenvalue weighted by Crippen LogP contribution is -2.48. The van der Waals surface area contributed by atoms with Crippen molar-refractivity contribution in [1.29, 1.82) is 0 Å². The number of carbonyl (C=O) groups excluding carboxylic acids is 2. The van der Waals surface area contributed by atoms with Crippen LogP contribution in [0.15, 0.2) is 0 Å². The topological polar surface area (TPSA) is 67.4 Å². The van der Waals surface area contributed by atoms with Crippen LogP contribution in [0.4, 0.5) is 0 Å². The van der Waals surface area contributed by atoms with Crippen LogP contribution in [0.1, 0.15) is 32.1 Å². The minimum absolute atomic E-state index is 0.112. The van der Waals surface area contributed by atoms with Crippen LogP contribution in [0.2, 0.25) is 0 Å². The number of amides is 1. The van der Waals surface area contributed by atoms with Gasteiger partial charge in [-0.05, 0) is 25.3 Å². The van der Waals surface area contributed by atoms with Gasteiger partial charge in [0.15, 0.2) is 0 Å². The third-order valence-electron chi connectivity index (χ3n) is 4.33. The number of fused-ring (bicyclic) bond motifs is 1. The molecule has 5 nitrogen and oxygen atoms in total. The largest absolute Gasteiger partial charge is 0.469 e. The first kappa shape index (κ1) is 13.3. The fourth-order valence-corrected chi connectivity index (χ4v) is 3.25. The first-order valence-electron chi connectivity index (χ1n) is 6.75. The molecule has 2 atom stereocenters. The van der Waals surface area contributed by atoms with E-state index >= 15 is 0 Å². The molecule has 0 radical (unpaired) electrons. The quantitative estimate of drug-likeness (QED) is 0.715. The second kappa shape index (κ2) is 5.69. The number of esters is 1. The van der Waals surface area contributed by atoms with Crippen molar-refractivity contribution < 1.29 is 14.3 Å². The summed E-state index contributed by atoms with van der Waals surface area (Å²) in [6.07, 6.45) is 4.70. The maximum absolute atomic E-state index is 12.4. The summed E-state index contributed by atoms with van der Waals surface area (Å²) < 4.78 is 4.56. The van der Waals surface area contributed by atoms with E-state index in [0.717, 1.165) is 32.4 Å². The van der Waals surface area contributed by atoms with E-state index in [1.807, 2.05) is 0 Å². The Kier molecular flexibility index (Phi) is 4.22. The third-order valence-corrected chi connectivity index (χ3v) is 4.33. The zero-order valence-corrected chi connectivity index (χ0v) is 11.0. The molecule has 1 heterocycles. The normalized spacial score (nSPS) is 30.6. The summed E-state index contributed by atoms with van der Waals surface area (Å²) in [5.74, 6) is 0.294. The molecule has 2 N–H and O–H groups in total. The van der Waals surface area contributed by atoms with Gasteiger partial charge in [-0.1, -0.05) is 12.8 Å². The van der Waals surface area contributed by atoms with Crippen LogP contribution in [0, 0.1) is 11.3 Å². The van der Waals surface area contributed by atoms with Gasteiger partial charge in [-0.3, -0.25) is 9.59 Å². The van der Waals surface area contributed by atoms with E-state index in [4.69, 9.17) is 0 Å². The van der Waals surface area contributed by atoms with E-state index in [9.17, 15) is 9.59 Å². The van der Waals surface area contributed by atoms with Gasteiger partial charge in [0.2, 0.25) is 5.91 Å². The summed E-state index contributed by atoms with van der Waals surface area (Å²) in [6.45, 7) is 2.10. The summed E-state index contributed by atoms with van der Waals surface area (Å²) in [7, 11) is 1.36. The molecule has 0 spiro atoms. The Labute approximate surface area is 108 Å². The SMILES string of the molecule is COC(=O)CCNC(=O)[C@@]12CCCC[C@H]1CNC2. The third kappa shape index (κ3) is 2.51. The molecule has 2 fully saturated rings. The van der Waals surface area contributed by atoms with Gasteiger partial charge >= 0.3 is 5.97 Å². The highest BCUT2D eigenvalue weighted by Crippen LogP contribution is 2.43. The standard InChI is InChI=1S/C13H22N2O3/c1-18-11(16)5-7-15-12(17)13-6-3-2-4-10(13)8-14-9-13/h10,14H,2-9H2,1H3,(H,15,17)/t10-,13+/m0/s1. The van der Waals surface area contributed by atoms with Crippen molar-refractivity contribution in [3.63, 3.8) is 0 Å². The van der Waals surface area contributed by atoms with Crippen molar-refractivity contribution in [2.45, 2.75) is 32.1 Å². The minimum atomic E-state index is -0.280. The second-order valence-electron chi connectivity index (χ2n) is 5.31. The van der Waals surface area contributed by atoms with Crippen molar-refractivity contribution in [1.82, 2.24) is 10.6 Å². The Hall–Kier alpha value is -1.10. The van der Waals surface area contributed by atoms with E-state index in [-0.39, 0.29) is 23.7 Å². The van der Waals surface area contributed by atoms with Crippen molar-refractivity contribution >= 4 is 11.9 Å². The molecule has 1 aliphatic heterocycles. The van der Waals surface area contributed by atoms with Crippen LogP contribution in [0.3, 0.4) is 0 Å². The Balaban J connectivity index is 1.88. The Morgan fingerprint density at radius 3 is 3.06 bits per heavy atom. The highest BCUT2D eigenvalue weighted by Gasteiger charge is 2.49. The lowest BCUT2D eigenvalue weighted by molar-refractivity contribution is -0.140. The highest BCUT2D eigenvalue weighted by molar-refractivity contribution is 5.84. The number of methoxy groups -OCH3 is 1. The molecule has 0 unspecified atom stereocenters. The van der Waals surface area contributed by atoms with E-state index in [2.05, 4.69) is 15.4 Å². The number of rotatable bonds is 4. The molecule has 0 bridgehead atoms. The van der Waals surface area contributed by atoms with E-state index in [1.165, 1.54) is 13.5 Å². The van der Waals surface area contributed by atoms with Crippen molar-refractivity contribution in [2.75, 3.05) is 26.7 Å². The predicted octanol–water partition coefficient (Wildman–Crippen LogP) is 0.445. The van der Waals surface area contributed by atoms with Crippen LogP contribution in [-0.2, 0) is 14.3 Å². The molecule has 102 valence electrons. The Morgan fingerprint density at radius 1 is 1.44 bits per heavy atom. The lowest BCUT2D eigenvalue weighted by Gasteiger charge is -2.37. The first-order chi connectivity index (χ1) is 8.69. The molecule has 2 rings (SSSR count). The van der Waals surface area contributed by atoms with Gasteiger partial charge in [-0.25, -0.2) is 0 Å². The van der Waals surface area contributed by atoms with Crippen LogP contribution < -0.4 is 10.6 Å². The molecular weight excluding hydrogens is 232 g/mol. The molecule has 1 aliphatic carbocycles. The summed E-state index contributed by atoms with van der Waals surface area (Å²) in [5.41, 5.74) is -0.228. The Morgan fingerprint density at radius 2 is 2.28 bits per heavy atom. The molecule has 0 aromatic carbocycles. The summed E-state index contributed by atoms with van der Waals surface area (Å²) in [4.78, 5) is 23.4. The highest BCUT2D eigenvalue weighted by atomic mass is 16.5. The van der Waals surface area contributed by atoms with Gasteiger partial charge < -0.3 is 15.4 Å². The summed E-state index contributed by atoms with van der Waals surface area (Å²) in [6, 6.07) is 0. The Bertz CT molecular complexity index is 332. The molecule has 1 saturated heterocycles. The number of carbonyl (C=O) groups is 2. The van der Waals surface area contributed by atoms with Gasteiger partial charge in [-0.15, -0.1) is 0 Å². The van der Waals surface area contributed by atoms with Crippen molar-refractivity contribution in [2.24, 2.45) is 11.3 Å². The van der Waals surface area contributed by atoms with Crippen LogP contribution in [0.5, 0.6) is 0 Å². The molecule has 2 aliphatic rings. The number of nitrogens with one attached hydrogen (secondary N) is 2. The van der Waals surface area contributed by atoms with Gasteiger partial charge in [0.25, 0.3) is 0 Å². The molecule has 0 aromatic rings. The lowest BCUT2D eigenvalue weighted by atomic mass is 9.67. The van der Waals surface area contributed by atoms with E-state index in [1.54, 1.807) is 0 Å². The maximum Gasteiger partial charge on any atom is 0.307 e. The van der Waals surface area contributed by atoms with Crippen LogP contribution in [0.25, 0.3) is 0 Å². The first-order valence-corrected chi connectivity index (χ1v) is 6.75. The summed E-state index contributed by atoms with van der Waals surface area (Å²) in [5, 5.41) is 6.24. The smallest absolute Gasteiger partial charge is 0.307 e. The molecule has 0 aromatic heterocycles. The van der Waals surface area contributed by atoms with Crippen LogP contribution >= 0.6 is 0 Å².